The van der Waals surface area contributed by atoms with Crippen LogP contribution in [0.2, 0.25) is 0 Å². The van der Waals surface area contributed by atoms with Crippen molar-refractivity contribution >= 4 is 5.91 Å². The van der Waals surface area contributed by atoms with Gasteiger partial charge in [0.2, 0.25) is 0 Å². The van der Waals surface area contributed by atoms with Gasteiger partial charge in [-0.25, -0.2) is 0 Å². The van der Waals surface area contributed by atoms with Crippen molar-refractivity contribution in [1.82, 2.24) is 25.5 Å². The third-order valence-electron chi connectivity index (χ3n) is 2.28. The second kappa shape index (κ2) is 4.09. The Kier molecular flexibility index (Phi) is 2.63. The molecule has 0 atom stereocenters. The van der Waals surface area contributed by atoms with Crippen molar-refractivity contribution in [1.29, 1.82) is 0 Å². The lowest BCUT2D eigenvalue weighted by molar-refractivity contribution is 0.0757. The average Bonchev–Trinajstić information content (AvgIpc) is 2.88. The summed E-state index contributed by atoms with van der Waals surface area (Å²) in [7, 11) is 0. The van der Waals surface area contributed by atoms with Gasteiger partial charge in [0.25, 0.3) is 11.7 Å². The molecule has 0 aromatic carbocycles. The molecule has 1 aromatic heterocycles. The SMILES string of the molecule is C#CCN(CC1CC1)C(=O)c1nn[nH]n1. The molecule has 1 heterocycles. The molecule has 0 spiro atoms. The third-order valence-corrected chi connectivity index (χ3v) is 2.28. The quantitative estimate of drug-likeness (QED) is 0.684. The van der Waals surface area contributed by atoms with E-state index in [-0.39, 0.29) is 11.7 Å². The van der Waals surface area contributed by atoms with E-state index in [4.69, 9.17) is 6.42 Å². The Bertz CT molecular complexity index is 376. The lowest BCUT2D eigenvalue weighted by Crippen LogP contribution is -2.34. The first-order chi connectivity index (χ1) is 7.31. The van der Waals surface area contributed by atoms with Crippen LogP contribution in [0, 0.1) is 18.3 Å². The maximum atomic E-state index is 11.8. The first kappa shape index (κ1) is 9.65. The topological polar surface area (TPSA) is 74.8 Å². The molecule has 6 nitrogen and oxygen atoms in total. The van der Waals surface area contributed by atoms with Gasteiger partial charge in [-0.05, 0) is 24.0 Å². The van der Waals surface area contributed by atoms with E-state index >= 15 is 0 Å². The van der Waals surface area contributed by atoms with E-state index in [1.807, 2.05) is 0 Å². The van der Waals surface area contributed by atoms with Crippen LogP contribution >= 0.6 is 0 Å². The van der Waals surface area contributed by atoms with Crippen molar-refractivity contribution in [2.75, 3.05) is 13.1 Å². The summed E-state index contributed by atoms with van der Waals surface area (Å²) < 4.78 is 0. The average molecular weight is 205 g/mol. The Morgan fingerprint density at radius 2 is 2.47 bits per heavy atom. The minimum Gasteiger partial charge on any atom is -0.324 e. The highest BCUT2D eigenvalue weighted by atomic mass is 16.2. The molecule has 1 aromatic rings. The fraction of sp³-hybridized carbons (Fsp3) is 0.556. The number of carbonyl (C=O) groups excluding carboxylic acids is 1. The van der Waals surface area contributed by atoms with E-state index in [1.165, 1.54) is 12.8 Å². The molecule has 1 amide bonds. The molecule has 6 heteroatoms. The van der Waals surface area contributed by atoms with Crippen LogP contribution in [0.15, 0.2) is 0 Å². The normalized spacial score (nSPS) is 14.6. The zero-order valence-electron chi connectivity index (χ0n) is 8.18. The number of rotatable bonds is 4. The molecule has 78 valence electrons. The van der Waals surface area contributed by atoms with E-state index in [1.54, 1.807) is 4.90 Å². The molecule has 0 aliphatic heterocycles. The van der Waals surface area contributed by atoms with Crippen LogP contribution < -0.4 is 0 Å². The standard InChI is InChI=1S/C9H11N5O/c1-2-5-14(6-7-3-4-7)9(15)8-10-12-13-11-8/h1,7H,3-6H2,(H,10,11,12,13). The van der Waals surface area contributed by atoms with E-state index in [0.29, 0.717) is 19.0 Å². The van der Waals surface area contributed by atoms with Crippen molar-refractivity contribution in [3.05, 3.63) is 5.82 Å². The number of amides is 1. The smallest absolute Gasteiger partial charge is 0.296 e. The number of H-pyrrole nitrogens is 1. The summed E-state index contributed by atoms with van der Waals surface area (Å²) in [6.45, 7) is 0.988. The largest absolute Gasteiger partial charge is 0.324 e. The molecule has 0 unspecified atom stereocenters. The number of nitrogens with zero attached hydrogens (tertiary/aromatic N) is 4. The van der Waals surface area contributed by atoms with E-state index in [0.717, 1.165) is 0 Å². The number of tetrazole rings is 1. The number of nitrogens with one attached hydrogen (secondary N) is 1. The maximum absolute atomic E-state index is 11.8. The molecule has 1 fully saturated rings. The fourth-order valence-electron chi connectivity index (χ4n) is 1.34. The summed E-state index contributed by atoms with van der Waals surface area (Å²) in [5.41, 5.74) is 0. The third kappa shape index (κ3) is 2.31. The molecule has 15 heavy (non-hydrogen) atoms. The maximum Gasteiger partial charge on any atom is 0.296 e. The number of hydrogen-bond acceptors (Lipinski definition) is 4. The van der Waals surface area contributed by atoms with Gasteiger partial charge in [0, 0.05) is 6.54 Å². The Balaban J connectivity index is 2.03. The molecule has 0 saturated heterocycles. The lowest BCUT2D eigenvalue weighted by atomic mass is 10.3. The van der Waals surface area contributed by atoms with Crippen molar-refractivity contribution in [2.24, 2.45) is 5.92 Å². The number of carbonyl (C=O) groups is 1. The fourth-order valence-corrected chi connectivity index (χ4v) is 1.34. The van der Waals surface area contributed by atoms with Crippen LogP contribution in [0.25, 0.3) is 0 Å². The summed E-state index contributed by atoms with van der Waals surface area (Å²) in [6.07, 6.45) is 7.54. The van der Waals surface area contributed by atoms with Crippen LogP contribution in [0.1, 0.15) is 23.5 Å². The van der Waals surface area contributed by atoms with Gasteiger partial charge in [-0.1, -0.05) is 5.92 Å². The summed E-state index contributed by atoms with van der Waals surface area (Å²) in [4.78, 5) is 13.4. The van der Waals surface area contributed by atoms with Crippen LogP contribution in [0.5, 0.6) is 0 Å². The van der Waals surface area contributed by atoms with Gasteiger partial charge in [0.1, 0.15) is 0 Å². The van der Waals surface area contributed by atoms with E-state index in [9.17, 15) is 4.79 Å². The second-order valence-electron chi connectivity index (χ2n) is 3.57. The van der Waals surface area contributed by atoms with Crippen molar-refractivity contribution < 1.29 is 4.79 Å². The highest BCUT2D eigenvalue weighted by molar-refractivity contribution is 5.90. The molecular weight excluding hydrogens is 194 g/mol. The van der Waals surface area contributed by atoms with Gasteiger partial charge in [0.05, 0.1) is 6.54 Å². The molecule has 2 rings (SSSR count). The summed E-state index contributed by atoms with van der Waals surface area (Å²) in [5.74, 6) is 2.87. The highest BCUT2D eigenvalue weighted by Crippen LogP contribution is 2.29. The number of terminal acetylenes is 1. The van der Waals surface area contributed by atoms with Gasteiger partial charge >= 0.3 is 0 Å². The van der Waals surface area contributed by atoms with E-state index in [2.05, 4.69) is 26.5 Å². The number of aromatic amines is 1. The summed E-state index contributed by atoms with van der Waals surface area (Å²) >= 11 is 0. The van der Waals surface area contributed by atoms with E-state index < -0.39 is 0 Å². The highest BCUT2D eigenvalue weighted by Gasteiger charge is 2.28. The molecule has 1 saturated carbocycles. The lowest BCUT2D eigenvalue weighted by Gasteiger charge is -2.17. The Labute approximate surface area is 87.0 Å². The zero-order valence-corrected chi connectivity index (χ0v) is 8.18. The Morgan fingerprint density at radius 1 is 1.67 bits per heavy atom. The van der Waals surface area contributed by atoms with Gasteiger partial charge in [-0.2, -0.15) is 5.21 Å². The van der Waals surface area contributed by atoms with Crippen molar-refractivity contribution in [3.63, 3.8) is 0 Å². The molecule has 1 aliphatic carbocycles. The molecule has 0 radical (unpaired) electrons. The predicted octanol–water partition coefficient (Wildman–Crippen LogP) is -0.315. The number of hydrogen-bond donors (Lipinski definition) is 1. The molecule has 0 bridgehead atoms. The Morgan fingerprint density at radius 3 is 3.00 bits per heavy atom. The molecule has 1 N–H and O–H groups in total. The first-order valence-electron chi connectivity index (χ1n) is 4.77. The minimum atomic E-state index is -0.256. The van der Waals surface area contributed by atoms with Crippen LogP contribution in [0.4, 0.5) is 0 Å². The second-order valence-corrected chi connectivity index (χ2v) is 3.57. The predicted molar refractivity (Wildman–Crippen MR) is 51.6 cm³/mol. The first-order valence-corrected chi connectivity index (χ1v) is 4.77. The summed E-state index contributed by atoms with van der Waals surface area (Å²) in [6, 6.07) is 0. The minimum absolute atomic E-state index is 0.0749. The van der Waals surface area contributed by atoms with Gasteiger partial charge < -0.3 is 4.90 Å². The van der Waals surface area contributed by atoms with Crippen LogP contribution in [-0.2, 0) is 0 Å². The van der Waals surface area contributed by atoms with Gasteiger partial charge in [0.15, 0.2) is 0 Å². The molecular formula is C9H11N5O. The van der Waals surface area contributed by atoms with Crippen LogP contribution in [-0.4, -0.2) is 44.5 Å². The van der Waals surface area contributed by atoms with Crippen molar-refractivity contribution in [3.8, 4) is 12.3 Å². The number of aromatic nitrogens is 4. The Hall–Kier alpha value is -1.90. The zero-order chi connectivity index (χ0) is 10.7. The summed E-state index contributed by atoms with van der Waals surface area (Å²) in [5, 5.41) is 12.9. The monoisotopic (exact) mass is 205 g/mol. The van der Waals surface area contributed by atoms with Crippen LogP contribution in [0.3, 0.4) is 0 Å². The van der Waals surface area contributed by atoms with Crippen molar-refractivity contribution in [2.45, 2.75) is 12.8 Å². The molecule has 1 aliphatic rings. The van der Waals surface area contributed by atoms with Gasteiger partial charge in [-0.3, -0.25) is 4.79 Å². The van der Waals surface area contributed by atoms with Gasteiger partial charge in [-0.15, -0.1) is 16.6 Å².